The van der Waals surface area contributed by atoms with Gasteiger partial charge in [0.25, 0.3) is 0 Å². The fourth-order valence-electron chi connectivity index (χ4n) is 2.28. The number of hydrogen-bond donors (Lipinski definition) is 1. The van der Waals surface area contributed by atoms with E-state index < -0.39 is 0 Å². The Labute approximate surface area is 129 Å². The minimum absolute atomic E-state index is 0.355. The molecular weight excluding hydrogens is 314 g/mol. The molecule has 0 saturated heterocycles. The van der Waals surface area contributed by atoms with Crippen molar-refractivity contribution in [3.05, 3.63) is 51.8 Å². The molecule has 1 aromatic heterocycles. The van der Waals surface area contributed by atoms with E-state index in [0.29, 0.717) is 6.04 Å². The van der Waals surface area contributed by atoms with Gasteiger partial charge in [0.1, 0.15) is 0 Å². The molecule has 0 amide bonds. The number of benzene rings is 1. The molecule has 1 atom stereocenters. The van der Waals surface area contributed by atoms with Crippen LogP contribution in [-0.2, 0) is 6.54 Å². The number of halogens is 1. The van der Waals surface area contributed by atoms with Crippen molar-refractivity contribution < 1.29 is 0 Å². The molecule has 0 spiro atoms. The van der Waals surface area contributed by atoms with Crippen LogP contribution >= 0.6 is 15.9 Å². The van der Waals surface area contributed by atoms with Gasteiger partial charge in [0, 0.05) is 21.8 Å². The minimum Gasteiger partial charge on any atom is -0.310 e. The Bertz CT molecular complexity index is 545. The van der Waals surface area contributed by atoms with Gasteiger partial charge in [0.15, 0.2) is 0 Å². The van der Waals surface area contributed by atoms with E-state index >= 15 is 0 Å². The summed E-state index contributed by atoms with van der Waals surface area (Å²) in [6, 6.07) is 8.75. The maximum atomic E-state index is 4.53. The van der Waals surface area contributed by atoms with Crippen molar-refractivity contribution in [1.82, 2.24) is 15.1 Å². The SMILES string of the molecule is CCCNC(C)c1cnn(Cc2ccc(Br)cc2)c1C. The van der Waals surface area contributed by atoms with Gasteiger partial charge in [0.2, 0.25) is 0 Å². The van der Waals surface area contributed by atoms with Crippen molar-refractivity contribution in [3.63, 3.8) is 0 Å². The lowest BCUT2D eigenvalue weighted by atomic mass is 10.1. The van der Waals surface area contributed by atoms with Gasteiger partial charge in [-0.25, -0.2) is 0 Å². The largest absolute Gasteiger partial charge is 0.310 e. The quantitative estimate of drug-likeness (QED) is 0.862. The van der Waals surface area contributed by atoms with E-state index in [4.69, 9.17) is 0 Å². The van der Waals surface area contributed by atoms with E-state index in [0.717, 1.165) is 24.0 Å². The van der Waals surface area contributed by atoms with Crippen molar-refractivity contribution in [2.75, 3.05) is 6.54 Å². The van der Waals surface area contributed by atoms with Gasteiger partial charge in [-0.1, -0.05) is 35.0 Å². The van der Waals surface area contributed by atoms with Crippen LogP contribution < -0.4 is 5.32 Å². The lowest BCUT2D eigenvalue weighted by molar-refractivity contribution is 0.565. The molecule has 0 radical (unpaired) electrons. The summed E-state index contributed by atoms with van der Waals surface area (Å²) in [5, 5.41) is 8.04. The van der Waals surface area contributed by atoms with Crippen LogP contribution in [0.25, 0.3) is 0 Å². The van der Waals surface area contributed by atoms with Crippen LogP contribution in [0.5, 0.6) is 0 Å². The normalized spacial score (nSPS) is 12.6. The van der Waals surface area contributed by atoms with Gasteiger partial charge in [0.05, 0.1) is 12.7 Å². The Balaban J connectivity index is 2.10. The first-order chi connectivity index (χ1) is 9.61. The Hall–Kier alpha value is -1.13. The van der Waals surface area contributed by atoms with E-state index in [2.05, 4.69) is 76.1 Å². The second-order valence-corrected chi connectivity index (χ2v) is 6.06. The monoisotopic (exact) mass is 335 g/mol. The van der Waals surface area contributed by atoms with E-state index in [1.165, 1.54) is 16.8 Å². The summed E-state index contributed by atoms with van der Waals surface area (Å²) < 4.78 is 3.18. The van der Waals surface area contributed by atoms with Crippen molar-refractivity contribution in [2.45, 2.75) is 39.8 Å². The smallest absolute Gasteiger partial charge is 0.0662 e. The third kappa shape index (κ3) is 3.70. The lowest BCUT2D eigenvalue weighted by Crippen LogP contribution is -2.19. The molecule has 2 rings (SSSR count). The molecule has 2 aromatic rings. The molecule has 1 N–H and O–H groups in total. The maximum absolute atomic E-state index is 4.53. The molecule has 0 fully saturated rings. The topological polar surface area (TPSA) is 29.9 Å². The Morgan fingerprint density at radius 1 is 1.30 bits per heavy atom. The summed E-state index contributed by atoms with van der Waals surface area (Å²) in [7, 11) is 0. The highest BCUT2D eigenvalue weighted by Gasteiger charge is 2.12. The van der Waals surface area contributed by atoms with E-state index in [1.807, 2.05) is 6.20 Å². The van der Waals surface area contributed by atoms with Gasteiger partial charge in [-0.05, 0) is 44.5 Å². The number of rotatable bonds is 6. The Morgan fingerprint density at radius 2 is 2.00 bits per heavy atom. The zero-order chi connectivity index (χ0) is 14.5. The van der Waals surface area contributed by atoms with Crippen molar-refractivity contribution in [1.29, 1.82) is 0 Å². The van der Waals surface area contributed by atoms with Crippen LogP contribution in [0.2, 0.25) is 0 Å². The summed E-state index contributed by atoms with van der Waals surface area (Å²) in [5.41, 5.74) is 3.79. The Morgan fingerprint density at radius 3 is 2.65 bits per heavy atom. The molecule has 3 nitrogen and oxygen atoms in total. The fraction of sp³-hybridized carbons (Fsp3) is 0.438. The van der Waals surface area contributed by atoms with Crippen molar-refractivity contribution >= 4 is 15.9 Å². The fourth-order valence-corrected chi connectivity index (χ4v) is 2.54. The van der Waals surface area contributed by atoms with Gasteiger partial charge in [-0.15, -0.1) is 0 Å². The standard InChI is InChI=1S/C16H22BrN3/c1-4-9-18-12(2)16-10-19-20(13(16)3)11-14-5-7-15(17)8-6-14/h5-8,10,12,18H,4,9,11H2,1-3H3. The molecule has 20 heavy (non-hydrogen) atoms. The van der Waals surface area contributed by atoms with Crippen LogP contribution in [0.15, 0.2) is 34.9 Å². The van der Waals surface area contributed by atoms with Crippen LogP contribution in [0.4, 0.5) is 0 Å². The van der Waals surface area contributed by atoms with Crippen LogP contribution in [-0.4, -0.2) is 16.3 Å². The second-order valence-electron chi connectivity index (χ2n) is 5.15. The first kappa shape index (κ1) is 15.3. The molecule has 1 unspecified atom stereocenters. The molecule has 0 aliphatic carbocycles. The zero-order valence-electron chi connectivity index (χ0n) is 12.4. The molecule has 108 valence electrons. The average molecular weight is 336 g/mol. The molecule has 0 aliphatic heterocycles. The van der Waals surface area contributed by atoms with Crippen LogP contribution in [0.3, 0.4) is 0 Å². The minimum atomic E-state index is 0.355. The first-order valence-electron chi connectivity index (χ1n) is 7.12. The van der Waals surface area contributed by atoms with Gasteiger partial charge < -0.3 is 5.32 Å². The van der Waals surface area contributed by atoms with E-state index in [1.54, 1.807) is 0 Å². The number of nitrogens with one attached hydrogen (secondary N) is 1. The molecule has 0 saturated carbocycles. The van der Waals surface area contributed by atoms with Gasteiger partial charge >= 0.3 is 0 Å². The highest BCUT2D eigenvalue weighted by molar-refractivity contribution is 9.10. The highest BCUT2D eigenvalue weighted by Crippen LogP contribution is 2.18. The molecule has 1 aromatic carbocycles. The highest BCUT2D eigenvalue weighted by atomic mass is 79.9. The van der Waals surface area contributed by atoms with E-state index in [9.17, 15) is 0 Å². The zero-order valence-corrected chi connectivity index (χ0v) is 13.9. The van der Waals surface area contributed by atoms with Crippen LogP contribution in [0, 0.1) is 6.92 Å². The first-order valence-corrected chi connectivity index (χ1v) is 7.91. The maximum Gasteiger partial charge on any atom is 0.0662 e. The number of aromatic nitrogens is 2. The molecular formula is C16H22BrN3. The number of nitrogens with zero attached hydrogens (tertiary/aromatic N) is 2. The van der Waals surface area contributed by atoms with E-state index in [-0.39, 0.29) is 0 Å². The van der Waals surface area contributed by atoms with Gasteiger partial charge in [-0.3, -0.25) is 4.68 Å². The summed E-state index contributed by atoms with van der Waals surface area (Å²) in [6.45, 7) is 8.39. The molecule has 0 bridgehead atoms. The lowest BCUT2D eigenvalue weighted by Gasteiger charge is -2.13. The predicted molar refractivity (Wildman–Crippen MR) is 86.9 cm³/mol. The van der Waals surface area contributed by atoms with Crippen molar-refractivity contribution in [2.24, 2.45) is 0 Å². The Kier molecular flexibility index (Phi) is 5.38. The summed E-state index contributed by atoms with van der Waals surface area (Å²) >= 11 is 3.46. The van der Waals surface area contributed by atoms with Gasteiger partial charge in [-0.2, -0.15) is 5.10 Å². The molecule has 1 heterocycles. The number of hydrogen-bond acceptors (Lipinski definition) is 2. The summed E-state index contributed by atoms with van der Waals surface area (Å²) in [6.07, 6.45) is 3.14. The van der Waals surface area contributed by atoms with Crippen molar-refractivity contribution in [3.8, 4) is 0 Å². The third-order valence-electron chi connectivity index (χ3n) is 3.55. The summed E-state index contributed by atoms with van der Waals surface area (Å²) in [4.78, 5) is 0. The summed E-state index contributed by atoms with van der Waals surface area (Å²) in [5.74, 6) is 0. The molecule has 0 aliphatic rings. The molecule has 4 heteroatoms. The van der Waals surface area contributed by atoms with Crippen LogP contribution in [0.1, 0.15) is 43.1 Å². The average Bonchev–Trinajstić information content (AvgIpc) is 2.80. The third-order valence-corrected chi connectivity index (χ3v) is 4.08. The predicted octanol–water partition coefficient (Wildman–Crippen LogP) is 4.06. The second kappa shape index (κ2) is 7.04.